The van der Waals surface area contributed by atoms with Crippen LogP contribution in [-0.2, 0) is 12.8 Å². The summed E-state index contributed by atoms with van der Waals surface area (Å²) < 4.78 is 0. The Labute approximate surface area is 114 Å². The summed E-state index contributed by atoms with van der Waals surface area (Å²) >= 11 is 0. The van der Waals surface area contributed by atoms with Crippen LogP contribution in [0.5, 0.6) is 0 Å². The second-order valence-corrected chi connectivity index (χ2v) is 4.37. The number of aryl methyl sites for hydroxylation is 2. The van der Waals surface area contributed by atoms with Crippen LogP contribution in [0.3, 0.4) is 0 Å². The first-order valence-electron chi connectivity index (χ1n) is 6.21. The third-order valence-electron chi connectivity index (χ3n) is 3.02. The van der Waals surface area contributed by atoms with Crippen molar-refractivity contribution in [3.05, 3.63) is 53.7 Å². The highest BCUT2D eigenvalue weighted by Crippen LogP contribution is 2.15. The van der Waals surface area contributed by atoms with Crippen molar-refractivity contribution in [2.24, 2.45) is 0 Å². The van der Waals surface area contributed by atoms with E-state index in [1.54, 1.807) is 6.20 Å². The van der Waals surface area contributed by atoms with Crippen molar-refractivity contribution >= 4 is 17.1 Å². The van der Waals surface area contributed by atoms with E-state index in [0.717, 1.165) is 12.1 Å². The molecule has 0 saturated heterocycles. The van der Waals surface area contributed by atoms with Gasteiger partial charge < -0.3 is 10.1 Å². The van der Waals surface area contributed by atoms with Crippen molar-refractivity contribution < 1.29 is 9.90 Å². The fraction of sp³-hybridized carbons (Fsp3) is 0.143. The lowest BCUT2D eigenvalue weighted by molar-refractivity contribution is 0.0698. The largest absolute Gasteiger partial charge is 0.478 e. The number of H-pyrrole nitrogens is 1. The first kappa shape index (κ1) is 12.3. The molecule has 0 aromatic carbocycles. The summed E-state index contributed by atoms with van der Waals surface area (Å²) in [6.45, 7) is 0. The standard InChI is InChI=1S/C14H12N4O2/c19-14(20)10-6-8-16-13-12(10)17-11(18-13)5-4-9-3-1-2-7-15-9/h1-3,6-8H,4-5H2,(H,19,20)(H,16,17,18). The van der Waals surface area contributed by atoms with Crippen molar-refractivity contribution in [2.75, 3.05) is 0 Å². The van der Waals surface area contributed by atoms with Crippen molar-refractivity contribution in [1.82, 2.24) is 19.9 Å². The van der Waals surface area contributed by atoms with Gasteiger partial charge in [-0.2, -0.15) is 0 Å². The van der Waals surface area contributed by atoms with Crippen LogP contribution in [0.1, 0.15) is 21.9 Å². The zero-order chi connectivity index (χ0) is 13.9. The molecule has 0 fully saturated rings. The molecule has 0 radical (unpaired) electrons. The van der Waals surface area contributed by atoms with Crippen LogP contribution in [0, 0.1) is 0 Å². The molecule has 0 bridgehead atoms. The number of pyridine rings is 2. The van der Waals surface area contributed by atoms with Gasteiger partial charge in [-0.25, -0.2) is 14.8 Å². The molecule has 3 heterocycles. The Hall–Kier alpha value is -2.76. The van der Waals surface area contributed by atoms with Crippen LogP contribution in [0.25, 0.3) is 11.2 Å². The number of hydrogen-bond acceptors (Lipinski definition) is 4. The van der Waals surface area contributed by atoms with Crippen molar-refractivity contribution in [3.8, 4) is 0 Å². The molecule has 0 saturated carbocycles. The summed E-state index contributed by atoms with van der Waals surface area (Å²) in [5, 5.41) is 9.11. The predicted octanol–water partition coefficient (Wildman–Crippen LogP) is 1.84. The molecule has 3 rings (SSSR count). The molecule has 6 heteroatoms. The maximum atomic E-state index is 11.1. The quantitative estimate of drug-likeness (QED) is 0.753. The maximum Gasteiger partial charge on any atom is 0.338 e. The number of nitrogens with one attached hydrogen (secondary N) is 1. The van der Waals surface area contributed by atoms with Crippen LogP contribution in [-0.4, -0.2) is 31.0 Å². The Morgan fingerprint density at radius 2 is 2.05 bits per heavy atom. The van der Waals surface area contributed by atoms with Gasteiger partial charge in [0, 0.05) is 24.5 Å². The number of hydrogen-bond donors (Lipinski definition) is 2. The van der Waals surface area contributed by atoms with Crippen LogP contribution in [0.15, 0.2) is 36.7 Å². The monoisotopic (exact) mass is 268 g/mol. The summed E-state index contributed by atoms with van der Waals surface area (Å²) in [4.78, 5) is 26.8. The Morgan fingerprint density at radius 3 is 2.80 bits per heavy atom. The zero-order valence-corrected chi connectivity index (χ0v) is 10.6. The molecule has 3 aromatic rings. The maximum absolute atomic E-state index is 11.1. The number of aromatic carboxylic acids is 1. The number of fused-ring (bicyclic) bond motifs is 1. The van der Waals surface area contributed by atoms with Gasteiger partial charge >= 0.3 is 5.97 Å². The number of aromatic amines is 1. The predicted molar refractivity (Wildman–Crippen MR) is 72.5 cm³/mol. The molecule has 0 spiro atoms. The van der Waals surface area contributed by atoms with Gasteiger partial charge in [0.15, 0.2) is 5.65 Å². The number of carbonyl (C=O) groups is 1. The van der Waals surface area contributed by atoms with Crippen LogP contribution in [0.4, 0.5) is 0 Å². The van der Waals surface area contributed by atoms with Crippen molar-refractivity contribution in [1.29, 1.82) is 0 Å². The molecule has 3 aromatic heterocycles. The Balaban J connectivity index is 1.86. The van der Waals surface area contributed by atoms with Crippen LogP contribution in [0.2, 0.25) is 0 Å². The molecule has 100 valence electrons. The fourth-order valence-electron chi connectivity index (χ4n) is 2.05. The smallest absolute Gasteiger partial charge is 0.338 e. The van der Waals surface area contributed by atoms with Gasteiger partial charge in [0.25, 0.3) is 0 Å². The average Bonchev–Trinajstić information content (AvgIpc) is 2.88. The minimum atomic E-state index is -0.989. The summed E-state index contributed by atoms with van der Waals surface area (Å²) in [7, 11) is 0. The van der Waals surface area contributed by atoms with E-state index in [2.05, 4.69) is 19.9 Å². The molecule has 0 aliphatic heterocycles. The molecule has 0 aliphatic carbocycles. The lowest BCUT2D eigenvalue weighted by Gasteiger charge is -1.97. The van der Waals surface area contributed by atoms with E-state index in [4.69, 9.17) is 5.11 Å². The number of carboxylic acids is 1. The third-order valence-corrected chi connectivity index (χ3v) is 3.02. The summed E-state index contributed by atoms with van der Waals surface area (Å²) in [6, 6.07) is 7.22. The lowest BCUT2D eigenvalue weighted by Crippen LogP contribution is -1.98. The second-order valence-electron chi connectivity index (χ2n) is 4.37. The SMILES string of the molecule is O=C(O)c1ccnc2nc(CCc3ccccn3)[nH]c12. The Kier molecular flexibility index (Phi) is 3.12. The van der Waals surface area contributed by atoms with E-state index in [0.29, 0.717) is 23.4 Å². The third kappa shape index (κ3) is 2.35. The number of nitrogens with zero attached hydrogens (tertiary/aromatic N) is 3. The first-order chi connectivity index (χ1) is 9.74. The van der Waals surface area contributed by atoms with E-state index >= 15 is 0 Å². The van der Waals surface area contributed by atoms with E-state index in [1.165, 1.54) is 12.3 Å². The van der Waals surface area contributed by atoms with E-state index < -0.39 is 5.97 Å². The van der Waals surface area contributed by atoms with Gasteiger partial charge in [0.05, 0.1) is 11.1 Å². The normalized spacial score (nSPS) is 10.8. The molecule has 2 N–H and O–H groups in total. The minimum Gasteiger partial charge on any atom is -0.478 e. The fourth-order valence-corrected chi connectivity index (χ4v) is 2.05. The average molecular weight is 268 g/mol. The lowest BCUT2D eigenvalue weighted by atomic mass is 10.2. The molecule has 0 unspecified atom stereocenters. The number of aromatic nitrogens is 4. The number of imidazole rings is 1. The van der Waals surface area contributed by atoms with Crippen LogP contribution < -0.4 is 0 Å². The van der Waals surface area contributed by atoms with Gasteiger partial charge in [-0.15, -0.1) is 0 Å². The second kappa shape index (κ2) is 5.08. The summed E-state index contributed by atoms with van der Waals surface area (Å²) in [6.07, 6.45) is 4.60. The van der Waals surface area contributed by atoms with Gasteiger partial charge in [-0.3, -0.25) is 4.98 Å². The highest BCUT2D eigenvalue weighted by molar-refractivity contribution is 5.99. The molecule has 0 atom stereocenters. The highest BCUT2D eigenvalue weighted by atomic mass is 16.4. The van der Waals surface area contributed by atoms with E-state index in [1.807, 2.05) is 18.2 Å². The summed E-state index contributed by atoms with van der Waals surface area (Å²) in [5.41, 5.74) is 2.06. The molecule has 20 heavy (non-hydrogen) atoms. The van der Waals surface area contributed by atoms with Gasteiger partial charge in [-0.05, 0) is 24.6 Å². The molecular formula is C14H12N4O2. The van der Waals surface area contributed by atoms with Crippen LogP contribution >= 0.6 is 0 Å². The van der Waals surface area contributed by atoms with Gasteiger partial charge in [-0.1, -0.05) is 6.07 Å². The Bertz CT molecular complexity index is 752. The highest BCUT2D eigenvalue weighted by Gasteiger charge is 2.13. The number of rotatable bonds is 4. The molecule has 6 nitrogen and oxygen atoms in total. The van der Waals surface area contributed by atoms with E-state index in [9.17, 15) is 4.79 Å². The van der Waals surface area contributed by atoms with Gasteiger partial charge in [0.2, 0.25) is 0 Å². The van der Waals surface area contributed by atoms with E-state index in [-0.39, 0.29) is 5.56 Å². The Morgan fingerprint density at radius 1 is 1.15 bits per heavy atom. The first-order valence-corrected chi connectivity index (χ1v) is 6.21. The molecular weight excluding hydrogens is 256 g/mol. The molecule has 0 aliphatic rings. The van der Waals surface area contributed by atoms with Crippen molar-refractivity contribution in [3.63, 3.8) is 0 Å². The summed E-state index contributed by atoms with van der Waals surface area (Å²) in [5.74, 6) is -0.274. The van der Waals surface area contributed by atoms with Crippen molar-refractivity contribution in [2.45, 2.75) is 12.8 Å². The molecule has 0 amide bonds. The van der Waals surface area contributed by atoms with Gasteiger partial charge in [0.1, 0.15) is 5.82 Å². The zero-order valence-electron chi connectivity index (χ0n) is 10.6. The number of carboxylic acid groups (broad SMARTS) is 1. The minimum absolute atomic E-state index is 0.187. The topological polar surface area (TPSA) is 91.8 Å².